The molecule has 1 spiro atoms. The number of anilines is 1. The molecule has 1 aliphatic carbocycles. The van der Waals surface area contributed by atoms with Gasteiger partial charge in [0, 0.05) is 29.1 Å². The second kappa shape index (κ2) is 5.78. The van der Waals surface area contributed by atoms with Crippen LogP contribution in [0.1, 0.15) is 45.6 Å². The predicted octanol–water partition coefficient (Wildman–Crippen LogP) is 4.96. The van der Waals surface area contributed by atoms with E-state index in [0.717, 1.165) is 29.1 Å². The van der Waals surface area contributed by atoms with Gasteiger partial charge in [-0.05, 0) is 79.1 Å². The summed E-state index contributed by atoms with van der Waals surface area (Å²) >= 11 is 10.0. The summed E-state index contributed by atoms with van der Waals surface area (Å²) in [5, 5.41) is 0.794. The Kier molecular flexibility index (Phi) is 4.04. The molecule has 2 heterocycles. The number of nitrogens with zero attached hydrogens (tertiary/aromatic N) is 2. The van der Waals surface area contributed by atoms with Gasteiger partial charge in [-0.2, -0.15) is 0 Å². The number of amides is 1. The van der Waals surface area contributed by atoms with E-state index in [-0.39, 0.29) is 6.09 Å². The lowest BCUT2D eigenvalue weighted by molar-refractivity contribution is 0.00792. The average Bonchev–Trinajstić information content (AvgIpc) is 3.18. The van der Waals surface area contributed by atoms with Crippen molar-refractivity contribution >= 4 is 39.3 Å². The van der Waals surface area contributed by atoms with Gasteiger partial charge < -0.3 is 14.5 Å². The van der Waals surface area contributed by atoms with Crippen molar-refractivity contribution in [2.45, 2.75) is 57.1 Å². The Bertz CT molecular complexity index is 721. The third kappa shape index (κ3) is 3.14. The zero-order valence-electron chi connectivity index (χ0n) is 14.9. The fourth-order valence-electron chi connectivity index (χ4n) is 4.01. The maximum absolute atomic E-state index is 12.2. The van der Waals surface area contributed by atoms with E-state index in [1.165, 1.54) is 30.5 Å². The lowest BCUT2D eigenvalue weighted by atomic mass is 9.85. The second-order valence-electron chi connectivity index (χ2n) is 8.55. The summed E-state index contributed by atoms with van der Waals surface area (Å²) in [5.41, 5.74) is 2.56. The van der Waals surface area contributed by atoms with Crippen LogP contribution in [0.4, 0.5) is 10.5 Å². The molecule has 1 aromatic carbocycles. The largest absolute Gasteiger partial charge is 0.444 e. The Labute approximate surface area is 162 Å². The van der Waals surface area contributed by atoms with Crippen molar-refractivity contribution < 1.29 is 9.53 Å². The van der Waals surface area contributed by atoms with Gasteiger partial charge in [0.2, 0.25) is 0 Å². The average molecular weight is 428 g/mol. The first kappa shape index (κ1) is 17.5. The van der Waals surface area contributed by atoms with Crippen LogP contribution in [-0.4, -0.2) is 42.3 Å². The number of carbonyl (C=O) groups is 1. The molecule has 3 aliphatic rings. The fraction of sp³-hybridized carbons (Fsp3) is 0.632. The zero-order chi connectivity index (χ0) is 18.0. The molecule has 2 aliphatic heterocycles. The first-order chi connectivity index (χ1) is 11.7. The van der Waals surface area contributed by atoms with Gasteiger partial charge in [-0.25, -0.2) is 4.79 Å². The van der Waals surface area contributed by atoms with Crippen LogP contribution in [0.3, 0.4) is 0 Å². The fourth-order valence-corrected chi connectivity index (χ4v) is 5.04. The molecule has 4 nitrogen and oxygen atoms in total. The number of likely N-dealkylation sites (tertiary alicyclic amines) is 1. The van der Waals surface area contributed by atoms with Gasteiger partial charge in [0.15, 0.2) is 0 Å². The van der Waals surface area contributed by atoms with Crippen molar-refractivity contribution in [3.8, 4) is 0 Å². The zero-order valence-corrected chi connectivity index (χ0v) is 17.3. The van der Waals surface area contributed by atoms with Gasteiger partial charge in [0.1, 0.15) is 5.60 Å². The maximum Gasteiger partial charge on any atom is 0.410 e. The third-order valence-corrected chi connectivity index (χ3v) is 6.35. The Morgan fingerprint density at radius 2 is 1.96 bits per heavy atom. The number of benzene rings is 1. The van der Waals surface area contributed by atoms with Gasteiger partial charge in [0.05, 0.1) is 11.7 Å². The summed E-state index contributed by atoms with van der Waals surface area (Å²) in [6.07, 6.45) is 3.48. The van der Waals surface area contributed by atoms with Crippen LogP contribution >= 0.6 is 27.5 Å². The first-order valence-electron chi connectivity index (χ1n) is 8.93. The van der Waals surface area contributed by atoms with E-state index in [1.807, 2.05) is 26.8 Å². The van der Waals surface area contributed by atoms with Gasteiger partial charge in [-0.1, -0.05) is 11.6 Å². The van der Waals surface area contributed by atoms with Crippen molar-refractivity contribution in [3.05, 3.63) is 27.2 Å². The van der Waals surface area contributed by atoms with E-state index in [2.05, 4.69) is 26.9 Å². The molecule has 0 unspecified atom stereocenters. The van der Waals surface area contributed by atoms with Crippen molar-refractivity contribution in [3.63, 3.8) is 0 Å². The van der Waals surface area contributed by atoms with Gasteiger partial charge >= 0.3 is 6.09 Å². The van der Waals surface area contributed by atoms with Crippen molar-refractivity contribution in [2.24, 2.45) is 0 Å². The minimum absolute atomic E-state index is 0.213. The number of carbonyl (C=O) groups excluding carboxylic acids is 1. The maximum atomic E-state index is 12.2. The van der Waals surface area contributed by atoms with E-state index in [0.29, 0.717) is 11.5 Å². The van der Waals surface area contributed by atoms with Crippen LogP contribution in [-0.2, 0) is 10.2 Å². The molecule has 25 heavy (non-hydrogen) atoms. The SMILES string of the molecule is CC(C)(C)OC(=O)N1CC(N2CCC3(CC3)c3cc(Cl)cc(Br)c32)C1. The van der Waals surface area contributed by atoms with Crippen LogP contribution in [0.2, 0.25) is 5.02 Å². The van der Waals surface area contributed by atoms with Crippen molar-refractivity contribution in [1.29, 1.82) is 0 Å². The summed E-state index contributed by atoms with van der Waals surface area (Å²) in [5.74, 6) is 0. The molecule has 0 aromatic heterocycles. The normalized spacial score (nSPS) is 21.8. The Hall–Kier alpha value is -0.940. The molecule has 136 valence electrons. The third-order valence-electron chi connectivity index (χ3n) is 5.53. The number of ether oxygens (including phenoxy) is 1. The molecule has 6 heteroatoms. The summed E-state index contributed by atoms with van der Waals surface area (Å²) in [6, 6.07) is 4.48. The number of halogens is 2. The molecule has 0 N–H and O–H groups in total. The highest BCUT2D eigenvalue weighted by atomic mass is 79.9. The topological polar surface area (TPSA) is 32.8 Å². The molecule has 1 saturated heterocycles. The molecule has 0 radical (unpaired) electrons. The molecular formula is C19H24BrClN2O2. The van der Waals surface area contributed by atoms with Crippen LogP contribution < -0.4 is 4.90 Å². The summed E-state index contributed by atoms with van der Waals surface area (Å²) < 4.78 is 6.54. The van der Waals surface area contributed by atoms with E-state index in [4.69, 9.17) is 16.3 Å². The van der Waals surface area contributed by atoms with E-state index in [9.17, 15) is 4.79 Å². The second-order valence-corrected chi connectivity index (χ2v) is 9.84. The molecule has 2 fully saturated rings. The van der Waals surface area contributed by atoms with Crippen molar-refractivity contribution in [2.75, 3.05) is 24.5 Å². The van der Waals surface area contributed by atoms with Crippen LogP contribution in [0.15, 0.2) is 16.6 Å². The number of hydrogen-bond acceptors (Lipinski definition) is 3. The smallest absolute Gasteiger partial charge is 0.410 e. The molecule has 1 aromatic rings. The van der Waals surface area contributed by atoms with Gasteiger partial charge in [-0.15, -0.1) is 0 Å². The standard InChI is InChI=1S/C19H24BrClN2O2/c1-18(2,3)25-17(24)22-10-13(11-22)23-7-6-19(4-5-19)14-8-12(21)9-15(20)16(14)23/h8-9,13H,4-7,10-11H2,1-3H3. The summed E-state index contributed by atoms with van der Waals surface area (Å²) in [7, 11) is 0. The monoisotopic (exact) mass is 426 g/mol. The van der Waals surface area contributed by atoms with E-state index in [1.54, 1.807) is 4.90 Å². The lowest BCUT2D eigenvalue weighted by Crippen LogP contribution is -2.63. The Morgan fingerprint density at radius 3 is 2.56 bits per heavy atom. The molecule has 0 atom stereocenters. The first-order valence-corrected chi connectivity index (χ1v) is 10.1. The number of rotatable bonds is 1. The Balaban J connectivity index is 1.52. The molecule has 1 amide bonds. The minimum atomic E-state index is -0.446. The van der Waals surface area contributed by atoms with E-state index >= 15 is 0 Å². The Morgan fingerprint density at radius 1 is 1.28 bits per heavy atom. The minimum Gasteiger partial charge on any atom is -0.444 e. The van der Waals surface area contributed by atoms with Crippen LogP contribution in [0, 0.1) is 0 Å². The van der Waals surface area contributed by atoms with Crippen LogP contribution in [0.25, 0.3) is 0 Å². The number of fused-ring (bicyclic) bond motifs is 2. The van der Waals surface area contributed by atoms with Crippen molar-refractivity contribution in [1.82, 2.24) is 4.90 Å². The number of hydrogen-bond donors (Lipinski definition) is 0. The summed E-state index contributed by atoms with van der Waals surface area (Å²) in [4.78, 5) is 16.4. The molecule has 4 rings (SSSR count). The van der Waals surface area contributed by atoms with E-state index < -0.39 is 5.60 Å². The predicted molar refractivity (Wildman–Crippen MR) is 104 cm³/mol. The molecule has 0 bridgehead atoms. The quantitative estimate of drug-likeness (QED) is 0.635. The summed E-state index contributed by atoms with van der Waals surface area (Å²) in [6.45, 7) is 8.18. The van der Waals surface area contributed by atoms with Gasteiger partial charge in [0.25, 0.3) is 0 Å². The lowest BCUT2D eigenvalue weighted by Gasteiger charge is -2.49. The highest BCUT2D eigenvalue weighted by molar-refractivity contribution is 9.10. The van der Waals surface area contributed by atoms with Crippen LogP contribution in [0.5, 0.6) is 0 Å². The molecular weight excluding hydrogens is 404 g/mol. The van der Waals surface area contributed by atoms with Gasteiger partial charge in [-0.3, -0.25) is 0 Å². The highest BCUT2D eigenvalue weighted by Gasteiger charge is 2.51. The molecule has 1 saturated carbocycles. The highest BCUT2D eigenvalue weighted by Crippen LogP contribution is 2.58.